The Morgan fingerprint density at radius 1 is 1.08 bits per heavy atom. The standard InChI is InChI=1S/C16H16N3S.ClHO4.H2O/c1-18(2)12-17-14-7-5-6-13(10-14)15-11-19-9-4-3-8-16(19)20-15;2-1(3,4)5;/h3-12H,1-2H3;(H,2,3,4,5);1H2/q+1;;/p-1. The molecular formula is C16H18ClN3O5S. The third kappa shape index (κ3) is 7.42. The minimum Gasteiger partial charge on any atom is -0.412 e. The lowest BCUT2D eigenvalue weighted by Gasteiger charge is -2.17. The number of aliphatic imine (C=N–C) groups is 1. The van der Waals surface area contributed by atoms with Crippen molar-refractivity contribution in [1.29, 1.82) is 0 Å². The number of hydrogen-bond donors (Lipinski definition) is 0. The van der Waals surface area contributed by atoms with Gasteiger partial charge in [-0.2, -0.15) is 4.40 Å². The van der Waals surface area contributed by atoms with Gasteiger partial charge in [-0.1, -0.05) is 23.5 Å². The number of pyridine rings is 1. The molecule has 0 aliphatic heterocycles. The quantitative estimate of drug-likeness (QED) is 0.279. The molecule has 0 amide bonds. The summed E-state index contributed by atoms with van der Waals surface area (Å²) in [6.45, 7) is 0. The number of thiazole rings is 1. The van der Waals surface area contributed by atoms with Crippen LogP contribution in [0, 0.1) is 10.2 Å². The first kappa shape index (κ1) is 21.9. The number of benzene rings is 1. The number of hydrogen-bond acceptors (Lipinski definition) is 6. The Labute approximate surface area is 156 Å². The molecule has 2 heterocycles. The van der Waals surface area contributed by atoms with E-state index in [1.54, 1.807) is 11.3 Å². The van der Waals surface area contributed by atoms with Gasteiger partial charge in [0, 0.05) is 31.8 Å². The van der Waals surface area contributed by atoms with Gasteiger partial charge < -0.3 is 10.4 Å². The van der Waals surface area contributed by atoms with Crippen LogP contribution < -0.4 is 23.0 Å². The maximum atomic E-state index is 8.49. The predicted molar refractivity (Wildman–Crippen MR) is 88.4 cm³/mol. The van der Waals surface area contributed by atoms with Crippen molar-refractivity contribution in [3.05, 3.63) is 54.9 Å². The van der Waals surface area contributed by atoms with E-state index in [2.05, 4.69) is 46.1 Å². The summed E-state index contributed by atoms with van der Waals surface area (Å²) in [6, 6.07) is 14.5. The molecule has 0 atom stereocenters. The molecule has 0 spiro atoms. The zero-order valence-corrected chi connectivity index (χ0v) is 15.6. The van der Waals surface area contributed by atoms with E-state index in [9.17, 15) is 0 Å². The molecule has 2 N–H and O–H groups in total. The molecule has 0 fully saturated rings. The van der Waals surface area contributed by atoms with Crippen LogP contribution in [0.4, 0.5) is 5.69 Å². The van der Waals surface area contributed by atoms with Crippen LogP contribution in [0.2, 0.25) is 0 Å². The summed E-state index contributed by atoms with van der Waals surface area (Å²) in [5.41, 5.74) is 2.17. The van der Waals surface area contributed by atoms with Crippen LogP contribution in [0.3, 0.4) is 0 Å². The molecule has 0 bridgehead atoms. The van der Waals surface area contributed by atoms with Gasteiger partial charge in [-0.15, -0.1) is 10.2 Å². The average molecular weight is 400 g/mol. The molecule has 140 valence electrons. The van der Waals surface area contributed by atoms with Gasteiger partial charge in [0.2, 0.25) is 0 Å². The molecule has 8 nitrogen and oxygen atoms in total. The smallest absolute Gasteiger partial charge is 0.267 e. The van der Waals surface area contributed by atoms with Crippen LogP contribution >= 0.6 is 11.3 Å². The summed E-state index contributed by atoms with van der Waals surface area (Å²) in [6.07, 6.45) is 6.05. The number of halogens is 1. The number of fused-ring (bicyclic) bond motifs is 1. The summed E-state index contributed by atoms with van der Waals surface area (Å²) in [5.74, 6) is 0. The van der Waals surface area contributed by atoms with Crippen molar-refractivity contribution in [3.8, 4) is 10.4 Å². The topological polar surface area (TPSA) is 143 Å². The summed E-state index contributed by atoms with van der Waals surface area (Å²) in [7, 11) is -1.01. The lowest BCUT2D eigenvalue weighted by atomic mass is 10.2. The third-order valence-corrected chi connectivity index (χ3v) is 4.01. The Hall–Kier alpha value is -2.11. The van der Waals surface area contributed by atoms with Crippen LogP contribution in [0.1, 0.15) is 0 Å². The summed E-state index contributed by atoms with van der Waals surface area (Å²) >= 11 is 1.78. The van der Waals surface area contributed by atoms with Gasteiger partial charge in [-0.3, -0.25) is 0 Å². The fraction of sp³-hybridized carbons (Fsp3) is 0.125. The summed E-state index contributed by atoms with van der Waals surface area (Å²) < 4.78 is 36.1. The van der Waals surface area contributed by atoms with Crippen molar-refractivity contribution in [1.82, 2.24) is 4.90 Å². The second-order valence-electron chi connectivity index (χ2n) is 5.18. The van der Waals surface area contributed by atoms with Gasteiger partial charge in [-0.05, 0) is 18.2 Å². The first-order valence-electron chi connectivity index (χ1n) is 7.05. The molecule has 2 aromatic heterocycles. The van der Waals surface area contributed by atoms with Crippen molar-refractivity contribution in [2.75, 3.05) is 14.1 Å². The number of nitrogens with zero attached hydrogens (tertiary/aromatic N) is 3. The molecule has 3 aromatic rings. The molecular weight excluding hydrogens is 382 g/mol. The molecule has 1 aromatic carbocycles. The monoisotopic (exact) mass is 399 g/mol. The highest BCUT2D eigenvalue weighted by Gasteiger charge is 2.10. The van der Waals surface area contributed by atoms with E-state index in [1.807, 2.05) is 43.5 Å². The average Bonchev–Trinajstić information content (AvgIpc) is 2.96. The minimum atomic E-state index is -4.94. The van der Waals surface area contributed by atoms with E-state index >= 15 is 0 Å². The molecule has 26 heavy (non-hydrogen) atoms. The van der Waals surface area contributed by atoms with Gasteiger partial charge in [-0.25, -0.2) is 23.6 Å². The van der Waals surface area contributed by atoms with Gasteiger partial charge in [0.15, 0.2) is 12.4 Å². The SMILES string of the molecule is CN(C)C=Nc1cccc(-c2c[n+]3ccccc3s2)c1.O.[O-][Cl+3]([O-])([O-])[O-]. The Kier molecular flexibility index (Phi) is 8.06. The largest absolute Gasteiger partial charge is 0.412 e. The van der Waals surface area contributed by atoms with Crippen LogP contribution in [0.5, 0.6) is 0 Å². The summed E-state index contributed by atoms with van der Waals surface area (Å²) in [4.78, 5) is 8.87. The van der Waals surface area contributed by atoms with Gasteiger partial charge >= 0.3 is 0 Å². The maximum absolute atomic E-state index is 8.49. The molecule has 10 heteroatoms. The van der Waals surface area contributed by atoms with Crippen molar-refractivity contribution in [2.45, 2.75) is 0 Å². The van der Waals surface area contributed by atoms with Gasteiger partial charge in [0.05, 0.1) is 12.0 Å². The summed E-state index contributed by atoms with van der Waals surface area (Å²) in [5, 5.41) is 0. The van der Waals surface area contributed by atoms with E-state index in [0.29, 0.717) is 0 Å². The maximum Gasteiger partial charge on any atom is 0.267 e. The molecule has 0 aliphatic carbocycles. The lowest BCUT2D eigenvalue weighted by Crippen LogP contribution is -2.68. The highest BCUT2D eigenvalue weighted by Crippen LogP contribution is 2.28. The highest BCUT2D eigenvalue weighted by atomic mass is 35.7. The van der Waals surface area contributed by atoms with E-state index in [-0.39, 0.29) is 5.48 Å². The fourth-order valence-electron chi connectivity index (χ4n) is 1.95. The van der Waals surface area contributed by atoms with Crippen molar-refractivity contribution >= 4 is 28.2 Å². The molecule has 3 rings (SSSR count). The second kappa shape index (κ2) is 9.55. The normalized spacial score (nSPS) is 11.0. The van der Waals surface area contributed by atoms with Crippen LogP contribution in [0.15, 0.2) is 59.9 Å². The second-order valence-corrected chi connectivity index (χ2v) is 7.00. The van der Waals surface area contributed by atoms with Crippen molar-refractivity contribution in [2.24, 2.45) is 4.99 Å². The molecule has 0 saturated heterocycles. The van der Waals surface area contributed by atoms with Crippen LogP contribution in [-0.2, 0) is 0 Å². The number of aromatic nitrogens is 1. The fourth-order valence-corrected chi connectivity index (χ4v) is 2.96. The third-order valence-electron chi connectivity index (χ3n) is 2.89. The van der Waals surface area contributed by atoms with Crippen LogP contribution in [0.25, 0.3) is 15.3 Å². The predicted octanol–water partition coefficient (Wildman–Crippen LogP) is -2.21. The van der Waals surface area contributed by atoms with Gasteiger partial charge in [0.1, 0.15) is 4.88 Å². The Balaban J connectivity index is 0.000000501. The Morgan fingerprint density at radius 3 is 2.38 bits per heavy atom. The van der Waals surface area contributed by atoms with Crippen molar-refractivity contribution in [3.63, 3.8) is 0 Å². The van der Waals surface area contributed by atoms with E-state index in [0.717, 1.165) is 5.69 Å². The number of rotatable bonds is 3. The first-order valence-corrected chi connectivity index (χ1v) is 9.10. The van der Waals surface area contributed by atoms with Gasteiger partial charge in [0.25, 0.3) is 4.83 Å². The lowest BCUT2D eigenvalue weighted by molar-refractivity contribution is -2.00. The Bertz CT molecular complexity index is 825. The zero-order chi connectivity index (χ0) is 18.4. The van der Waals surface area contributed by atoms with E-state index in [1.165, 1.54) is 15.3 Å². The molecule has 0 radical (unpaired) electrons. The Morgan fingerprint density at radius 2 is 1.77 bits per heavy atom. The molecule has 0 aliphatic rings. The van der Waals surface area contributed by atoms with E-state index < -0.39 is 10.2 Å². The van der Waals surface area contributed by atoms with Crippen molar-refractivity contribution < 1.29 is 38.8 Å². The zero-order valence-electron chi connectivity index (χ0n) is 14.0. The first-order chi connectivity index (χ1) is 11.7. The molecule has 0 saturated carbocycles. The highest BCUT2D eigenvalue weighted by molar-refractivity contribution is 7.20. The van der Waals surface area contributed by atoms with Crippen LogP contribution in [-0.4, -0.2) is 30.8 Å². The molecule has 0 unspecified atom stereocenters. The minimum absolute atomic E-state index is 0. The van der Waals surface area contributed by atoms with E-state index in [4.69, 9.17) is 18.6 Å².